The number of nitrogens with zero attached hydrogens (tertiary/aromatic N) is 1. The van der Waals surface area contributed by atoms with Crippen molar-refractivity contribution in [3.63, 3.8) is 0 Å². The van der Waals surface area contributed by atoms with Gasteiger partial charge in [-0.2, -0.15) is 0 Å². The molecule has 1 N–H and O–H groups in total. The molecule has 0 spiro atoms. The first kappa shape index (κ1) is 17.3. The van der Waals surface area contributed by atoms with Crippen molar-refractivity contribution in [3.8, 4) is 0 Å². The smallest absolute Gasteiger partial charge is 0.255 e. The first-order chi connectivity index (χ1) is 11.7. The summed E-state index contributed by atoms with van der Waals surface area (Å²) in [5, 5.41) is 3.46. The molecular weight excluding hydrogens is 360 g/mol. The topological polar surface area (TPSA) is 42.0 Å². The molecule has 2 aromatic carbocycles. The summed E-state index contributed by atoms with van der Waals surface area (Å²) < 4.78 is 2.16. The lowest BCUT2D eigenvalue weighted by atomic mass is 10.2. The van der Waals surface area contributed by atoms with E-state index in [0.717, 1.165) is 26.0 Å². The highest BCUT2D eigenvalue weighted by Gasteiger charge is 2.09. The normalized spacial score (nSPS) is 10.9. The Morgan fingerprint density at radius 3 is 2.96 bits per heavy atom. The minimum atomic E-state index is -0.168. The third kappa shape index (κ3) is 4.29. The number of thioether (sulfide) groups is 1. The van der Waals surface area contributed by atoms with Crippen molar-refractivity contribution in [2.75, 3.05) is 11.1 Å². The van der Waals surface area contributed by atoms with Crippen LogP contribution in [0.15, 0.2) is 46.8 Å². The average Bonchev–Trinajstić information content (AvgIpc) is 2.97. The monoisotopic (exact) mass is 376 g/mol. The molecule has 3 nitrogen and oxygen atoms in total. The minimum Gasteiger partial charge on any atom is -0.322 e. The molecule has 3 rings (SSSR count). The fraction of sp³-hybridized carbons (Fsp3) is 0.222. The Morgan fingerprint density at radius 1 is 1.29 bits per heavy atom. The first-order valence-corrected chi connectivity index (χ1v) is 9.94. The van der Waals surface area contributed by atoms with Crippen LogP contribution in [0.2, 0.25) is 5.02 Å². The van der Waals surface area contributed by atoms with Crippen LogP contribution in [0.4, 0.5) is 5.69 Å². The highest BCUT2D eigenvalue weighted by molar-refractivity contribution is 8.01. The van der Waals surface area contributed by atoms with E-state index in [1.54, 1.807) is 47.4 Å². The standard InChI is InChI=1S/C18H17ClN2OS2/c1-2-3-9-23-18-21-15-8-7-14(11-16(15)24-18)20-17(22)12-5-4-6-13(19)10-12/h4-8,10-11H,2-3,9H2,1H3,(H,20,22). The molecule has 1 amide bonds. The number of hydrogen-bond donors (Lipinski definition) is 1. The Bertz CT molecular complexity index is 863. The summed E-state index contributed by atoms with van der Waals surface area (Å²) in [7, 11) is 0. The summed E-state index contributed by atoms with van der Waals surface area (Å²) in [6.45, 7) is 2.19. The van der Waals surface area contributed by atoms with Crippen molar-refractivity contribution >= 4 is 56.5 Å². The van der Waals surface area contributed by atoms with Gasteiger partial charge in [0.15, 0.2) is 4.34 Å². The van der Waals surface area contributed by atoms with Gasteiger partial charge in [0, 0.05) is 22.0 Å². The van der Waals surface area contributed by atoms with Crippen LogP contribution < -0.4 is 5.32 Å². The van der Waals surface area contributed by atoms with E-state index in [1.807, 2.05) is 18.2 Å². The molecule has 0 aliphatic carbocycles. The highest BCUT2D eigenvalue weighted by Crippen LogP contribution is 2.31. The van der Waals surface area contributed by atoms with Crippen molar-refractivity contribution in [2.24, 2.45) is 0 Å². The van der Waals surface area contributed by atoms with Crippen molar-refractivity contribution in [1.29, 1.82) is 0 Å². The van der Waals surface area contributed by atoms with Gasteiger partial charge >= 0.3 is 0 Å². The Kier molecular flexibility index (Phi) is 5.76. The second-order valence-corrected chi connectivity index (χ2v) is 8.14. The number of nitrogens with one attached hydrogen (secondary N) is 1. The number of amides is 1. The first-order valence-electron chi connectivity index (χ1n) is 7.76. The number of fused-ring (bicyclic) bond motifs is 1. The van der Waals surface area contributed by atoms with Gasteiger partial charge in [-0.25, -0.2) is 4.98 Å². The number of anilines is 1. The molecular formula is C18H17ClN2OS2. The van der Waals surface area contributed by atoms with E-state index in [-0.39, 0.29) is 5.91 Å². The van der Waals surface area contributed by atoms with Crippen LogP contribution in [-0.4, -0.2) is 16.6 Å². The van der Waals surface area contributed by atoms with Crippen LogP contribution in [-0.2, 0) is 0 Å². The summed E-state index contributed by atoms with van der Waals surface area (Å²) in [5.41, 5.74) is 2.28. The van der Waals surface area contributed by atoms with Gasteiger partial charge in [-0.1, -0.05) is 42.8 Å². The Morgan fingerprint density at radius 2 is 2.17 bits per heavy atom. The van der Waals surface area contributed by atoms with E-state index in [2.05, 4.69) is 17.2 Å². The molecule has 1 aromatic heterocycles. The zero-order valence-corrected chi connectivity index (χ0v) is 15.6. The number of benzene rings is 2. The number of hydrogen-bond acceptors (Lipinski definition) is 4. The molecule has 0 saturated carbocycles. The molecule has 24 heavy (non-hydrogen) atoms. The molecule has 0 aliphatic rings. The number of carbonyl (C=O) groups is 1. The lowest BCUT2D eigenvalue weighted by Crippen LogP contribution is -2.11. The highest BCUT2D eigenvalue weighted by atomic mass is 35.5. The van der Waals surface area contributed by atoms with Crippen LogP contribution in [0.5, 0.6) is 0 Å². The molecule has 6 heteroatoms. The van der Waals surface area contributed by atoms with Crippen molar-refractivity contribution in [2.45, 2.75) is 24.1 Å². The Labute approximate surface area is 154 Å². The van der Waals surface area contributed by atoms with Crippen molar-refractivity contribution < 1.29 is 4.79 Å². The molecule has 1 heterocycles. The van der Waals surface area contributed by atoms with Crippen LogP contribution in [0, 0.1) is 0 Å². The lowest BCUT2D eigenvalue weighted by Gasteiger charge is -2.05. The number of aromatic nitrogens is 1. The summed E-state index contributed by atoms with van der Waals surface area (Å²) in [6.07, 6.45) is 2.39. The van der Waals surface area contributed by atoms with E-state index >= 15 is 0 Å². The fourth-order valence-corrected chi connectivity index (χ4v) is 4.63. The van der Waals surface area contributed by atoms with Gasteiger partial charge in [-0.05, 0) is 42.8 Å². The van der Waals surface area contributed by atoms with Crippen molar-refractivity contribution in [3.05, 3.63) is 53.1 Å². The van der Waals surface area contributed by atoms with E-state index in [4.69, 9.17) is 11.6 Å². The van der Waals surface area contributed by atoms with Crippen molar-refractivity contribution in [1.82, 2.24) is 4.98 Å². The molecule has 0 saturated heterocycles. The lowest BCUT2D eigenvalue weighted by molar-refractivity contribution is 0.102. The largest absolute Gasteiger partial charge is 0.322 e. The second-order valence-electron chi connectivity index (χ2n) is 5.33. The Balaban J connectivity index is 1.74. The summed E-state index contributed by atoms with van der Waals surface area (Å²) in [6, 6.07) is 12.7. The number of unbranched alkanes of at least 4 members (excludes halogenated alkanes) is 1. The van der Waals surface area contributed by atoms with Gasteiger partial charge in [0.25, 0.3) is 5.91 Å². The predicted octanol–water partition coefficient (Wildman–Crippen LogP) is 6.09. The van der Waals surface area contributed by atoms with Crippen LogP contribution in [0.25, 0.3) is 10.2 Å². The maximum atomic E-state index is 12.3. The zero-order chi connectivity index (χ0) is 16.9. The van der Waals surface area contributed by atoms with Gasteiger partial charge in [-0.3, -0.25) is 4.79 Å². The fourth-order valence-electron chi connectivity index (χ4n) is 2.18. The molecule has 0 radical (unpaired) electrons. The third-order valence-electron chi connectivity index (χ3n) is 3.44. The molecule has 0 unspecified atom stereocenters. The van der Waals surface area contributed by atoms with Gasteiger partial charge in [0.2, 0.25) is 0 Å². The van der Waals surface area contributed by atoms with Crippen LogP contribution >= 0.6 is 34.7 Å². The second kappa shape index (κ2) is 8.01. The average molecular weight is 377 g/mol. The molecule has 0 aliphatic heterocycles. The van der Waals surface area contributed by atoms with E-state index in [1.165, 1.54) is 12.8 Å². The van der Waals surface area contributed by atoms with Gasteiger partial charge in [0.05, 0.1) is 10.2 Å². The third-order valence-corrected chi connectivity index (χ3v) is 5.92. The van der Waals surface area contributed by atoms with Crippen LogP contribution in [0.1, 0.15) is 30.1 Å². The summed E-state index contributed by atoms with van der Waals surface area (Å²) in [4.78, 5) is 16.9. The molecule has 0 bridgehead atoms. The maximum absolute atomic E-state index is 12.3. The Hall–Kier alpha value is -1.56. The number of rotatable bonds is 6. The van der Waals surface area contributed by atoms with Gasteiger partial charge in [-0.15, -0.1) is 11.3 Å². The summed E-state index contributed by atoms with van der Waals surface area (Å²) >= 11 is 9.40. The molecule has 0 atom stereocenters. The quantitative estimate of drug-likeness (QED) is 0.417. The molecule has 124 valence electrons. The number of halogens is 1. The minimum absolute atomic E-state index is 0.168. The van der Waals surface area contributed by atoms with Gasteiger partial charge in [0.1, 0.15) is 0 Å². The van der Waals surface area contributed by atoms with E-state index in [0.29, 0.717) is 10.6 Å². The number of thiazole rings is 1. The summed E-state index contributed by atoms with van der Waals surface area (Å²) in [5.74, 6) is 0.924. The SMILES string of the molecule is CCCCSc1nc2ccc(NC(=O)c3cccc(Cl)c3)cc2s1. The predicted molar refractivity (Wildman–Crippen MR) is 105 cm³/mol. The number of carbonyl (C=O) groups excluding carboxylic acids is 1. The maximum Gasteiger partial charge on any atom is 0.255 e. The zero-order valence-electron chi connectivity index (χ0n) is 13.2. The molecule has 0 fully saturated rings. The molecule has 3 aromatic rings. The van der Waals surface area contributed by atoms with Crippen LogP contribution in [0.3, 0.4) is 0 Å². The van der Waals surface area contributed by atoms with E-state index in [9.17, 15) is 4.79 Å². The van der Waals surface area contributed by atoms with E-state index < -0.39 is 0 Å². The van der Waals surface area contributed by atoms with Gasteiger partial charge < -0.3 is 5.32 Å².